The highest BCUT2D eigenvalue weighted by molar-refractivity contribution is 6.24. The Bertz CT molecular complexity index is 927. The summed E-state index contributed by atoms with van der Waals surface area (Å²) in [5, 5.41) is 2.62. The first kappa shape index (κ1) is 16.8. The molecule has 1 aliphatic rings. The summed E-state index contributed by atoms with van der Waals surface area (Å²) in [5.41, 5.74) is 0.406. The predicted octanol–water partition coefficient (Wildman–Crippen LogP) is 4.74. The van der Waals surface area contributed by atoms with Crippen LogP contribution in [0.25, 0.3) is 0 Å². The van der Waals surface area contributed by atoms with E-state index in [-0.39, 0.29) is 29.2 Å². The van der Waals surface area contributed by atoms with Gasteiger partial charge >= 0.3 is 0 Å². The Morgan fingerprint density at radius 2 is 1.72 bits per heavy atom. The molecule has 0 heterocycles. The zero-order valence-corrected chi connectivity index (χ0v) is 13.3. The van der Waals surface area contributed by atoms with E-state index in [2.05, 4.69) is 5.18 Å². The standard InChI is InChI=1S/C19H13F2NO3/c1-19(20,21)15-9-11(6-7-16(15)22-25)8-12-10-17(23)13-4-2-3-5-14(13)18(12)24/h2-7,9-10H,8H2,1H3. The number of alkyl halides is 2. The lowest BCUT2D eigenvalue weighted by Crippen LogP contribution is -2.18. The van der Waals surface area contributed by atoms with Gasteiger partial charge in [-0.2, -0.15) is 0 Å². The Balaban J connectivity index is 1.97. The van der Waals surface area contributed by atoms with E-state index in [1.807, 2.05) is 0 Å². The largest absolute Gasteiger partial charge is 0.289 e. The summed E-state index contributed by atoms with van der Waals surface area (Å²) < 4.78 is 27.3. The molecule has 0 radical (unpaired) electrons. The van der Waals surface area contributed by atoms with Crippen molar-refractivity contribution in [1.29, 1.82) is 0 Å². The fraction of sp³-hybridized carbons (Fsp3) is 0.158. The summed E-state index contributed by atoms with van der Waals surface area (Å²) in [7, 11) is 0. The lowest BCUT2D eigenvalue weighted by Gasteiger charge is -2.17. The van der Waals surface area contributed by atoms with Crippen molar-refractivity contribution >= 4 is 17.3 Å². The van der Waals surface area contributed by atoms with Crippen LogP contribution in [0.1, 0.15) is 38.8 Å². The molecule has 0 saturated heterocycles. The van der Waals surface area contributed by atoms with E-state index in [9.17, 15) is 23.3 Å². The van der Waals surface area contributed by atoms with E-state index in [0.29, 0.717) is 23.6 Å². The molecule has 0 aromatic heterocycles. The Labute approximate surface area is 142 Å². The van der Waals surface area contributed by atoms with Crippen molar-refractivity contribution < 1.29 is 18.4 Å². The van der Waals surface area contributed by atoms with Crippen LogP contribution in [0, 0.1) is 4.91 Å². The number of carbonyl (C=O) groups excluding carboxylic acids is 2. The molecular formula is C19H13F2NO3. The average Bonchev–Trinajstić information content (AvgIpc) is 2.58. The van der Waals surface area contributed by atoms with Crippen LogP contribution in [0.2, 0.25) is 0 Å². The van der Waals surface area contributed by atoms with Crippen LogP contribution in [-0.4, -0.2) is 11.6 Å². The third-order valence-corrected chi connectivity index (χ3v) is 4.06. The predicted molar refractivity (Wildman–Crippen MR) is 88.4 cm³/mol. The van der Waals surface area contributed by atoms with Gasteiger partial charge in [-0.15, -0.1) is 4.91 Å². The van der Waals surface area contributed by atoms with Crippen LogP contribution in [0.15, 0.2) is 59.3 Å². The SMILES string of the molecule is CC(F)(F)c1cc(CC2=CC(=O)c3ccccc3C2=O)ccc1N=O. The molecule has 1 aliphatic carbocycles. The Morgan fingerprint density at radius 1 is 1.04 bits per heavy atom. The van der Waals surface area contributed by atoms with Crippen LogP contribution in [0.3, 0.4) is 0 Å². The number of carbonyl (C=O) groups is 2. The summed E-state index contributed by atoms with van der Waals surface area (Å²) in [6, 6.07) is 10.3. The van der Waals surface area contributed by atoms with Gasteiger partial charge in [0, 0.05) is 35.6 Å². The second-order valence-electron chi connectivity index (χ2n) is 5.92. The molecule has 3 rings (SSSR count). The number of fused-ring (bicyclic) bond motifs is 1. The number of allylic oxidation sites excluding steroid dienone is 2. The molecule has 0 bridgehead atoms. The maximum Gasteiger partial charge on any atom is 0.272 e. The topological polar surface area (TPSA) is 63.6 Å². The van der Waals surface area contributed by atoms with Gasteiger partial charge in [0.15, 0.2) is 11.6 Å². The monoisotopic (exact) mass is 341 g/mol. The van der Waals surface area contributed by atoms with Gasteiger partial charge in [0.1, 0.15) is 5.69 Å². The number of nitrogens with zero attached hydrogens (tertiary/aromatic N) is 1. The highest BCUT2D eigenvalue weighted by Gasteiger charge is 2.30. The lowest BCUT2D eigenvalue weighted by molar-refractivity contribution is 0.0180. The number of rotatable bonds is 4. The molecule has 126 valence electrons. The van der Waals surface area contributed by atoms with Gasteiger partial charge in [-0.3, -0.25) is 9.59 Å². The molecule has 0 aliphatic heterocycles. The smallest absolute Gasteiger partial charge is 0.272 e. The van der Waals surface area contributed by atoms with Gasteiger partial charge in [-0.25, -0.2) is 8.78 Å². The first-order valence-corrected chi connectivity index (χ1v) is 7.54. The van der Waals surface area contributed by atoms with Crippen molar-refractivity contribution in [3.63, 3.8) is 0 Å². The van der Waals surface area contributed by atoms with Crippen molar-refractivity contribution in [2.75, 3.05) is 0 Å². The minimum absolute atomic E-state index is 0.0150. The molecule has 0 spiro atoms. The van der Waals surface area contributed by atoms with Gasteiger partial charge in [0.2, 0.25) is 0 Å². The van der Waals surface area contributed by atoms with E-state index >= 15 is 0 Å². The first-order chi connectivity index (χ1) is 11.8. The van der Waals surface area contributed by atoms with Crippen LogP contribution in [-0.2, 0) is 12.3 Å². The summed E-state index contributed by atoms with van der Waals surface area (Å²) in [6.45, 7) is 0.672. The number of nitroso groups, excluding NO2 is 1. The molecule has 0 unspecified atom stereocenters. The fourth-order valence-electron chi connectivity index (χ4n) is 2.85. The minimum atomic E-state index is -3.24. The summed E-state index contributed by atoms with van der Waals surface area (Å²) >= 11 is 0. The quantitative estimate of drug-likeness (QED) is 0.754. The van der Waals surface area contributed by atoms with E-state index in [4.69, 9.17) is 0 Å². The van der Waals surface area contributed by atoms with E-state index < -0.39 is 11.5 Å². The number of halogens is 2. The highest BCUT2D eigenvalue weighted by atomic mass is 19.3. The molecule has 0 saturated carbocycles. The molecule has 0 atom stereocenters. The Morgan fingerprint density at radius 3 is 2.36 bits per heavy atom. The normalized spacial score (nSPS) is 14.1. The van der Waals surface area contributed by atoms with Crippen molar-refractivity contribution in [3.8, 4) is 0 Å². The van der Waals surface area contributed by atoms with Crippen LogP contribution < -0.4 is 0 Å². The van der Waals surface area contributed by atoms with Crippen LogP contribution in [0.5, 0.6) is 0 Å². The first-order valence-electron chi connectivity index (χ1n) is 7.54. The number of Topliss-reactive ketones (excluding diaryl/α,β-unsaturated/α-hetero) is 1. The van der Waals surface area contributed by atoms with Crippen molar-refractivity contribution in [1.82, 2.24) is 0 Å². The number of ketones is 2. The number of hydrogen-bond acceptors (Lipinski definition) is 4. The summed E-state index contributed by atoms with van der Waals surface area (Å²) in [4.78, 5) is 35.4. The highest BCUT2D eigenvalue weighted by Crippen LogP contribution is 2.36. The molecule has 25 heavy (non-hydrogen) atoms. The van der Waals surface area contributed by atoms with Crippen molar-refractivity contribution in [2.45, 2.75) is 19.3 Å². The van der Waals surface area contributed by atoms with Gasteiger partial charge in [-0.1, -0.05) is 30.3 Å². The maximum absolute atomic E-state index is 13.7. The van der Waals surface area contributed by atoms with Gasteiger partial charge in [0.05, 0.1) is 0 Å². The second kappa shape index (κ2) is 6.12. The molecule has 2 aromatic rings. The molecule has 2 aromatic carbocycles. The minimum Gasteiger partial charge on any atom is -0.289 e. The van der Waals surface area contributed by atoms with Gasteiger partial charge in [-0.05, 0) is 28.9 Å². The van der Waals surface area contributed by atoms with Crippen LogP contribution >= 0.6 is 0 Å². The fourth-order valence-corrected chi connectivity index (χ4v) is 2.85. The second-order valence-corrected chi connectivity index (χ2v) is 5.92. The third-order valence-electron chi connectivity index (χ3n) is 4.06. The molecular weight excluding hydrogens is 328 g/mol. The van der Waals surface area contributed by atoms with Gasteiger partial charge < -0.3 is 0 Å². The van der Waals surface area contributed by atoms with Crippen molar-refractivity contribution in [2.24, 2.45) is 5.18 Å². The average molecular weight is 341 g/mol. The summed E-state index contributed by atoms with van der Waals surface area (Å²) in [6.07, 6.45) is 1.25. The molecule has 6 heteroatoms. The number of benzene rings is 2. The number of hydrogen-bond donors (Lipinski definition) is 0. The molecule has 0 amide bonds. The summed E-state index contributed by atoms with van der Waals surface area (Å²) in [5.74, 6) is -3.85. The van der Waals surface area contributed by atoms with Crippen molar-refractivity contribution in [3.05, 3.63) is 81.3 Å². The Kier molecular flexibility index (Phi) is 4.12. The molecule has 0 N–H and O–H groups in total. The van der Waals surface area contributed by atoms with E-state index in [1.165, 1.54) is 18.2 Å². The molecule has 4 nitrogen and oxygen atoms in total. The molecule has 0 fully saturated rings. The Hall–Kier alpha value is -3.02. The van der Waals surface area contributed by atoms with Crippen LogP contribution in [0.4, 0.5) is 14.5 Å². The lowest BCUT2D eigenvalue weighted by atomic mass is 9.86. The van der Waals surface area contributed by atoms with E-state index in [1.54, 1.807) is 24.3 Å². The zero-order chi connectivity index (χ0) is 18.2. The zero-order valence-electron chi connectivity index (χ0n) is 13.3. The maximum atomic E-state index is 13.7. The van der Waals surface area contributed by atoms with Gasteiger partial charge in [0.25, 0.3) is 5.92 Å². The van der Waals surface area contributed by atoms with E-state index in [0.717, 1.165) is 6.07 Å². The third kappa shape index (κ3) is 3.15.